The van der Waals surface area contributed by atoms with Gasteiger partial charge in [0.25, 0.3) is 0 Å². The fraction of sp³-hybridized carbons (Fsp3) is 0.118. The van der Waals surface area contributed by atoms with Gasteiger partial charge in [-0.1, -0.05) is 30.0 Å². The molecule has 1 aromatic heterocycles. The number of tetrazole rings is 1. The molecule has 0 radical (unpaired) electrons. The van der Waals surface area contributed by atoms with Crippen molar-refractivity contribution in [1.29, 1.82) is 0 Å². The maximum Gasteiger partial charge on any atom is 0.243 e. The van der Waals surface area contributed by atoms with Gasteiger partial charge in [0.1, 0.15) is 0 Å². The lowest BCUT2D eigenvalue weighted by Gasteiger charge is -2.07. The molecule has 0 unspecified atom stereocenters. The summed E-state index contributed by atoms with van der Waals surface area (Å²) < 4.78 is 27.5. The average molecular weight is 404 g/mol. The van der Waals surface area contributed by atoms with Gasteiger partial charge in [-0.2, -0.15) is 4.68 Å². The first-order valence-electron chi connectivity index (χ1n) is 8.01. The van der Waals surface area contributed by atoms with Gasteiger partial charge in [0, 0.05) is 11.8 Å². The second-order valence-electron chi connectivity index (χ2n) is 5.45. The number of halogens is 2. The molecule has 0 saturated carbocycles. The molecule has 0 atom stereocenters. The third-order valence-electron chi connectivity index (χ3n) is 3.42. The van der Waals surface area contributed by atoms with E-state index in [4.69, 9.17) is 0 Å². The number of thioether (sulfide) groups is 1. The second kappa shape index (κ2) is 9.04. The van der Waals surface area contributed by atoms with Gasteiger partial charge in [-0.25, -0.2) is 8.78 Å². The highest BCUT2D eigenvalue weighted by molar-refractivity contribution is 7.99. The Hall–Kier alpha value is -3.34. The number of nitrogens with one attached hydrogen (secondary N) is 2. The first kappa shape index (κ1) is 19.4. The van der Waals surface area contributed by atoms with Crippen molar-refractivity contribution in [2.24, 2.45) is 0 Å². The molecule has 2 amide bonds. The quantitative estimate of drug-likeness (QED) is 0.582. The molecule has 0 saturated heterocycles. The summed E-state index contributed by atoms with van der Waals surface area (Å²) in [5.74, 6) is -3.08. The lowest BCUT2D eigenvalue weighted by Crippen LogP contribution is -2.34. The lowest BCUT2D eigenvalue weighted by molar-refractivity contribution is -0.122. The van der Waals surface area contributed by atoms with Crippen molar-refractivity contribution < 1.29 is 18.4 Å². The van der Waals surface area contributed by atoms with Gasteiger partial charge >= 0.3 is 0 Å². The summed E-state index contributed by atoms with van der Waals surface area (Å²) in [6.45, 7) is -0.317. The number of nitrogens with zero attached hydrogens (tertiary/aromatic N) is 4. The topological polar surface area (TPSA) is 102 Å². The Morgan fingerprint density at radius 1 is 1.04 bits per heavy atom. The largest absolute Gasteiger partial charge is 0.346 e. The van der Waals surface area contributed by atoms with E-state index in [0.717, 1.165) is 29.6 Å². The summed E-state index contributed by atoms with van der Waals surface area (Å²) in [5, 5.41) is 16.6. The number of hydrogen-bond donors (Lipinski definition) is 2. The van der Waals surface area contributed by atoms with Gasteiger partial charge < -0.3 is 10.6 Å². The van der Waals surface area contributed by atoms with E-state index >= 15 is 0 Å². The summed E-state index contributed by atoms with van der Waals surface area (Å²) in [6, 6.07) is 12.2. The minimum atomic E-state index is -1.07. The standard InChI is InChI=1S/C17H14F2N6O2S/c18-13-7-6-11(8-14(13)19)21-15(26)9-20-16(27)10-28-17-22-23-24-25(17)12-4-2-1-3-5-12/h1-8H,9-10H2,(H,20,27)(H,21,26). The second-order valence-corrected chi connectivity index (χ2v) is 6.39. The number of hydrogen-bond acceptors (Lipinski definition) is 6. The molecule has 28 heavy (non-hydrogen) atoms. The van der Waals surface area contributed by atoms with E-state index in [9.17, 15) is 18.4 Å². The minimum Gasteiger partial charge on any atom is -0.346 e. The maximum atomic E-state index is 13.1. The van der Waals surface area contributed by atoms with Gasteiger partial charge in [0.2, 0.25) is 17.0 Å². The van der Waals surface area contributed by atoms with Crippen molar-refractivity contribution in [1.82, 2.24) is 25.5 Å². The van der Waals surface area contributed by atoms with Crippen LogP contribution in [-0.2, 0) is 9.59 Å². The maximum absolute atomic E-state index is 13.1. The number of para-hydroxylation sites is 1. The van der Waals surface area contributed by atoms with Crippen molar-refractivity contribution in [2.45, 2.75) is 5.16 Å². The Balaban J connectivity index is 1.47. The fourth-order valence-corrected chi connectivity index (χ4v) is 2.86. The van der Waals surface area contributed by atoms with Crippen molar-refractivity contribution in [2.75, 3.05) is 17.6 Å². The molecule has 0 fully saturated rings. The van der Waals surface area contributed by atoms with Crippen molar-refractivity contribution >= 4 is 29.3 Å². The molecule has 11 heteroatoms. The third-order valence-corrected chi connectivity index (χ3v) is 4.34. The summed E-state index contributed by atoms with van der Waals surface area (Å²) >= 11 is 1.11. The van der Waals surface area contributed by atoms with E-state index in [1.54, 1.807) is 0 Å². The molecule has 1 heterocycles. The predicted octanol–water partition coefficient (Wildman–Crippen LogP) is 1.79. The fourth-order valence-electron chi connectivity index (χ4n) is 2.14. The molecule has 0 aliphatic carbocycles. The third kappa shape index (κ3) is 5.10. The van der Waals surface area contributed by atoms with Crippen molar-refractivity contribution in [3.8, 4) is 5.69 Å². The zero-order chi connectivity index (χ0) is 19.9. The molecule has 144 valence electrons. The molecule has 0 spiro atoms. The van der Waals surface area contributed by atoms with E-state index in [2.05, 4.69) is 26.2 Å². The molecule has 2 aromatic carbocycles. The van der Waals surface area contributed by atoms with Gasteiger partial charge in [-0.15, -0.1) is 5.10 Å². The highest BCUT2D eigenvalue weighted by Crippen LogP contribution is 2.17. The molecule has 3 rings (SSSR count). The Bertz CT molecular complexity index is 983. The van der Waals surface area contributed by atoms with E-state index in [1.165, 1.54) is 10.7 Å². The van der Waals surface area contributed by atoms with Crippen LogP contribution < -0.4 is 10.6 Å². The van der Waals surface area contributed by atoms with Crippen LogP contribution in [-0.4, -0.2) is 44.3 Å². The molecular formula is C17H14F2N6O2S. The lowest BCUT2D eigenvalue weighted by atomic mass is 10.3. The normalized spacial score (nSPS) is 10.5. The number of anilines is 1. The zero-order valence-corrected chi connectivity index (χ0v) is 15.1. The summed E-state index contributed by atoms with van der Waals surface area (Å²) in [5.41, 5.74) is 0.843. The van der Waals surface area contributed by atoms with E-state index in [0.29, 0.717) is 5.16 Å². The zero-order valence-electron chi connectivity index (χ0n) is 14.3. The molecule has 2 N–H and O–H groups in total. The molecule has 0 aliphatic heterocycles. The Morgan fingerprint density at radius 2 is 1.82 bits per heavy atom. The van der Waals surface area contributed by atoms with Gasteiger partial charge in [-0.05, 0) is 34.7 Å². The van der Waals surface area contributed by atoms with Gasteiger partial charge in [0.15, 0.2) is 11.6 Å². The van der Waals surface area contributed by atoms with Crippen LogP contribution in [0.1, 0.15) is 0 Å². The molecular weight excluding hydrogens is 390 g/mol. The number of benzene rings is 2. The SMILES string of the molecule is O=C(CSc1nnnn1-c1ccccc1)NCC(=O)Nc1ccc(F)c(F)c1. The van der Waals surface area contributed by atoms with Crippen LogP contribution in [0.4, 0.5) is 14.5 Å². The first-order chi connectivity index (χ1) is 13.5. The van der Waals surface area contributed by atoms with Crippen LogP contribution in [0, 0.1) is 11.6 Å². The molecule has 0 bridgehead atoms. The highest BCUT2D eigenvalue weighted by atomic mass is 32.2. The van der Waals surface area contributed by atoms with Crippen LogP contribution >= 0.6 is 11.8 Å². The number of rotatable bonds is 7. The Labute approximate surface area is 162 Å². The van der Waals surface area contributed by atoms with E-state index in [1.807, 2.05) is 30.3 Å². The number of aromatic nitrogens is 4. The predicted molar refractivity (Wildman–Crippen MR) is 97.9 cm³/mol. The van der Waals surface area contributed by atoms with E-state index in [-0.39, 0.29) is 18.0 Å². The molecule has 8 nitrogen and oxygen atoms in total. The highest BCUT2D eigenvalue weighted by Gasteiger charge is 2.12. The van der Waals surface area contributed by atoms with Crippen LogP contribution in [0.3, 0.4) is 0 Å². The Morgan fingerprint density at radius 3 is 2.57 bits per heavy atom. The first-order valence-corrected chi connectivity index (χ1v) is 8.99. The van der Waals surface area contributed by atoms with Crippen LogP contribution in [0.2, 0.25) is 0 Å². The number of carbonyl (C=O) groups is 2. The smallest absolute Gasteiger partial charge is 0.243 e. The minimum absolute atomic E-state index is 0.00827. The summed E-state index contributed by atoms with van der Waals surface area (Å²) in [4.78, 5) is 23.7. The van der Waals surface area contributed by atoms with Crippen molar-refractivity contribution in [3.05, 3.63) is 60.2 Å². The summed E-state index contributed by atoms with van der Waals surface area (Å²) in [7, 11) is 0. The molecule has 0 aliphatic rings. The monoisotopic (exact) mass is 404 g/mol. The number of amides is 2. The van der Waals surface area contributed by atoms with Crippen molar-refractivity contribution in [3.63, 3.8) is 0 Å². The van der Waals surface area contributed by atoms with Gasteiger partial charge in [0.05, 0.1) is 18.0 Å². The average Bonchev–Trinajstić information content (AvgIpc) is 3.17. The molecule has 3 aromatic rings. The van der Waals surface area contributed by atoms with Crippen LogP contribution in [0.15, 0.2) is 53.7 Å². The number of carbonyl (C=O) groups excluding carboxylic acids is 2. The van der Waals surface area contributed by atoms with Crippen LogP contribution in [0.25, 0.3) is 5.69 Å². The van der Waals surface area contributed by atoms with E-state index < -0.39 is 23.4 Å². The summed E-state index contributed by atoms with van der Waals surface area (Å²) in [6.07, 6.45) is 0. The van der Waals surface area contributed by atoms with Crippen LogP contribution in [0.5, 0.6) is 0 Å². The van der Waals surface area contributed by atoms with Gasteiger partial charge in [-0.3, -0.25) is 9.59 Å². The Kier molecular flexibility index (Phi) is 6.27.